The van der Waals surface area contributed by atoms with E-state index in [1.807, 2.05) is 0 Å². The normalized spacial score (nSPS) is 15.3. The molecule has 0 unspecified atom stereocenters. The molecule has 1 saturated heterocycles. The Balaban J connectivity index is 1.89. The molecule has 1 amide bonds. The zero-order valence-corrected chi connectivity index (χ0v) is 10.8. The Morgan fingerprint density at radius 3 is 2.65 bits per heavy atom. The van der Waals surface area contributed by atoms with Crippen LogP contribution in [-0.2, 0) is 0 Å². The minimum atomic E-state index is -0.330. The van der Waals surface area contributed by atoms with Gasteiger partial charge in [0.15, 0.2) is 5.76 Å². The minimum absolute atomic E-state index is 0.105. The molecule has 20 heavy (non-hydrogen) atoms. The van der Waals surface area contributed by atoms with E-state index in [0.717, 1.165) is 13.1 Å². The van der Waals surface area contributed by atoms with Crippen LogP contribution >= 0.6 is 0 Å². The van der Waals surface area contributed by atoms with E-state index < -0.39 is 0 Å². The van der Waals surface area contributed by atoms with E-state index in [2.05, 4.69) is 10.5 Å². The number of carbonyl (C=O) groups is 1. The van der Waals surface area contributed by atoms with Crippen molar-refractivity contribution in [2.45, 2.75) is 0 Å². The molecule has 2 aromatic rings. The highest BCUT2D eigenvalue weighted by atomic mass is 19.1. The third kappa shape index (κ3) is 2.42. The van der Waals surface area contributed by atoms with E-state index in [1.54, 1.807) is 17.0 Å². The molecule has 0 saturated carbocycles. The number of aromatic nitrogens is 1. The number of piperazine rings is 1. The van der Waals surface area contributed by atoms with Gasteiger partial charge in [0, 0.05) is 31.7 Å². The maximum atomic E-state index is 12.9. The first kappa shape index (κ1) is 12.8. The van der Waals surface area contributed by atoms with Gasteiger partial charge in [0.2, 0.25) is 0 Å². The number of carbonyl (C=O) groups excluding carboxylic acids is 1. The molecule has 3 rings (SSSR count). The van der Waals surface area contributed by atoms with Gasteiger partial charge in [0.25, 0.3) is 5.91 Å². The topological polar surface area (TPSA) is 58.4 Å². The van der Waals surface area contributed by atoms with E-state index in [-0.39, 0.29) is 11.7 Å². The maximum Gasteiger partial charge on any atom is 0.259 e. The number of amides is 1. The van der Waals surface area contributed by atoms with Gasteiger partial charge in [-0.25, -0.2) is 4.39 Å². The number of hydrogen-bond acceptors (Lipinski definition) is 4. The molecular weight excluding hydrogens is 261 g/mol. The third-order valence-electron chi connectivity index (χ3n) is 3.31. The van der Waals surface area contributed by atoms with Crippen molar-refractivity contribution in [3.63, 3.8) is 0 Å². The lowest BCUT2D eigenvalue weighted by Gasteiger charge is -2.27. The lowest BCUT2D eigenvalue weighted by atomic mass is 10.1. The molecule has 5 nitrogen and oxygen atoms in total. The van der Waals surface area contributed by atoms with Gasteiger partial charge < -0.3 is 14.7 Å². The summed E-state index contributed by atoms with van der Waals surface area (Å²) >= 11 is 0. The number of hydrogen-bond donors (Lipinski definition) is 1. The zero-order chi connectivity index (χ0) is 13.9. The second-order valence-electron chi connectivity index (χ2n) is 4.62. The van der Waals surface area contributed by atoms with Gasteiger partial charge in [0.05, 0.1) is 6.20 Å². The van der Waals surface area contributed by atoms with Crippen LogP contribution in [0.5, 0.6) is 0 Å². The molecule has 104 valence electrons. The summed E-state index contributed by atoms with van der Waals surface area (Å²) in [5.41, 5.74) is 1.06. The van der Waals surface area contributed by atoms with Crippen molar-refractivity contribution >= 4 is 5.91 Å². The van der Waals surface area contributed by atoms with Gasteiger partial charge in [-0.1, -0.05) is 5.16 Å². The molecule has 6 heteroatoms. The highest BCUT2D eigenvalue weighted by molar-refractivity contribution is 5.99. The van der Waals surface area contributed by atoms with Crippen molar-refractivity contribution < 1.29 is 13.7 Å². The Kier molecular flexibility index (Phi) is 3.47. The highest BCUT2D eigenvalue weighted by Crippen LogP contribution is 2.25. The predicted octanol–water partition coefficient (Wildman–Crippen LogP) is 1.53. The second kappa shape index (κ2) is 5.42. The Morgan fingerprint density at radius 1 is 1.25 bits per heavy atom. The number of halogens is 1. The molecule has 1 aromatic carbocycles. The standard InChI is InChI=1S/C14H14FN3O2/c15-11-3-1-10(2-4-11)13-12(9-17-20-13)14(19)18-7-5-16-6-8-18/h1-4,9,16H,5-8H2. The highest BCUT2D eigenvalue weighted by Gasteiger charge is 2.24. The van der Waals surface area contributed by atoms with Gasteiger partial charge in [-0.3, -0.25) is 4.79 Å². The lowest BCUT2D eigenvalue weighted by molar-refractivity contribution is 0.0736. The number of nitrogens with one attached hydrogen (secondary N) is 1. The molecule has 0 spiro atoms. The molecule has 0 aliphatic carbocycles. The number of benzene rings is 1. The van der Waals surface area contributed by atoms with Crippen LogP contribution in [0.2, 0.25) is 0 Å². The first-order valence-corrected chi connectivity index (χ1v) is 6.46. The van der Waals surface area contributed by atoms with Gasteiger partial charge in [-0.05, 0) is 24.3 Å². The molecule has 1 aromatic heterocycles. The van der Waals surface area contributed by atoms with Gasteiger partial charge >= 0.3 is 0 Å². The Bertz CT molecular complexity index is 603. The van der Waals surface area contributed by atoms with Crippen molar-refractivity contribution in [3.8, 4) is 11.3 Å². The largest absolute Gasteiger partial charge is 0.355 e. The Hall–Kier alpha value is -2.21. The molecule has 1 fully saturated rings. The molecule has 0 atom stereocenters. The third-order valence-corrected chi connectivity index (χ3v) is 3.31. The average Bonchev–Trinajstić information content (AvgIpc) is 2.97. The smallest absolute Gasteiger partial charge is 0.259 e. The predicted molar refractivity (Wildman–Crippen MR) is 70.7 cm³/mol. The molecular formula is C14H14FN3O2. The second-order valence-corrected chi connectivity index (χ2v) is 4.62. The SMILES string of the molecule is O=C(c1cnoc1-c1ccc(F)cc1)N1CCNCC1. The first-order valence-electron chi connectivity index (χ1n) is 6.46. The number of rotatable bonds is 2. The van der Waals surface area contributed by atoms with E-state index in [1.165, 1.54) is 18.3 Å². The van der Waals surface area contributed by atoms with E-state index in [4.69, 9.17) is 4.52 Å². The summed E-state index contributed by atoms with van der Waals surface area (Å²) in [6.07, 6.45) is 1.42. The summed E-state index contributed by atoms with van der Waals surface area (Å²) in [4.78, 5) is 14.2. The Morgan fingerprint density at radius 2 is 1.95 bits per heavy atom. The van der Waals surface area contributed by atoms with Crippen molar-refractivity contribution in [3.05, 3.63) is 41.8 Å². The molecule has 2 heterocycles. The van der Waals surface area contributed by atoms with Gasteiger partial charge in [-0.2, -0.15) is 0 Å². The molecule has 0 bridgehead atoms. The van der Waals surface area contributed by atoms with Crippen molar-refractivity contribution in [2.75, 3.05) is 26.2 Å². The van der Waals surface area contributed by atoms with Crippen LogP contribution in [0.1, 0.15) is 10.4 Å². The fourth-order valence-corrected chi connectivity index (χ4v) is 2.24. The summed E-state index contributed by atoms with van der Waals surface area (Å²) in [5.74, 6) is -0.0520. The van der Waals surface area contributed by atoms with E-state index in [9.17, 15) is 9.18 Å². The molecule has 0 radical (unpaired) electrons. The van der Waals surface area contributed by atoms with Crippen LogP contribution in [0.15, 0.2) is 35.0 Å². The first-order chi connectivity index (χ1) is 9.75. The van der Waals surface area contributed by atoms with Gasteiger partial charge in [-0.15, -0.1) is 0 Å². The molecule has 1 aliphatic rings. The summed E-state index contributed by atoms with van der Waals surface area (Å²) in [7, 11) is 0. The molecule has 1 N–H and O–H groups in total. The average molecular weight is 275 g/mol. The van der Waals surface area contributed by atoms with Crippen LogP contribution in [0.3, 0.4) is 0 Å². The van der Waals surface area contributed by atoms with Crippen LogP contribution in [0.25, 0.3) is 11.3 Å². The summed E-state index contributed by atoms with van der Waals surface area (Å²) < 4.78 is 18.1. The monoisotopic (exact) mass is 275 g/mol. The van der Waals surface area contributed by atoms with Crippen molar-refractivity contribution in [1.82, 2.24) is 15.4 Å². The van der Waals surface area contributed by atoms with E-state index >= 15 is 0 Å². The van der Waals surface area contributed by atoms with Crippen molar-refractivity contribution in [1.29, 1.82) is 0 Å². The fourth-order valence-electron chi connectivity index (χ4n) is 2.24. The fraction of sp³-hybridized carbons (Fsp3) is 0.286. The van der Waals surface area contributed by atoms with Crippen molar-refractivity contribution in [2.24, 2.45) is 0 Å². The van der Waals surface area contributed by atoms with Crippen LogP contribution in [0, 0.1) is 5.82 Å². The summed E-state index contributed by atoms with van der Waals surface area (Å²) in [5, 5.41) is 6.90. The lowest BCUT2D eigenvalue weighted by Crippen LogP contribution is -2.46. The Labute approximate surface area is 115 Å². The van der Waals surface area contributed by atoms with Crippen LogP contribution in [-0.4, -0.2) is 42.1 Å². The summed E-state index contributed by atoms with van der Waals surface area (Å²) in [6, 6.07) is 5.81. The zero-order valence-electron chi connectivity index (χ0n) is 10.8. The van der Waals surface area contributed by atoms with Crippen LogP contribution in [0.4, 0.5) is 4.39 Å². The summed E-state index contributed by atoms with van der Waals surface area (Å²) in [6.45, 7) is 2.88. The maximum absolute atomic E-state index is 12.9. The quantitative estimate of drug-likeness (QED) is 0.903. The van der Waals surface area contributed by atoms with Gasteiger partial charge in [0.1, 0.15) is 11.4 Å². The van der Waals surface area contributed by atoms with E-state index in [0.29, 0.717) is 30.0 Å². The number of nitrogens with zero attached hydrogens (tertiary/aromatic N) is 2. The van der Waals surface area contributed by atoms with Crippen LogP contribution < -0.4 is 5.32 Å². The molecule has 1 aliphatic heterocycles. The minimum Gasteiger partial charge on any atom is -0.355 e.